The first kappa shape index (κ1) is 19.7. The van der Waals surface area contributed by atoms with Crippen molar-refractivity contribution in [3.63, 3.8) is 0 Å². The molecular formula is C19H33NO. The van der Waals surface area contributed by atoms with Crippen LogP contribution < -0.4 is 5.73 Å². The standard InChI is InChI=1S/C19H33NO/c1-3-4-5-6-7-8-9-10-11-12-13-14-15-16-17-18(2)19(20)21/h4-5,7-8,10-11,18H,3,6,9,12-17H2,1-2H3,(H2,20,21)/b5-4-,8-7-,11-10-. The van der Waals surface area contributed by atoms with E-state index in [1.807, 2.05) is 6.92 Å². The Bertz CT molecular complexity index is 328. The number of amides is 1. The fraction of sp³-hybridized carbons (Fsp3) is 0.632. The van der Waals surface area contributed by atoms with Crippen molar-refractivity contribution in [3.05, 3.63) is 36.5 Å². The minimum absolute atomic E-state index is 0.0313. The minimum Gasteiger partial charge on any atom is -0.369 e. The van der Waals surface area contributed by atoms with Crippen LogP contribution in [-0.4, -0.2) is 5.91 Å². The summed E-state index contributed by atoms with van der Waals surface area (Å²) in [6, 6.07) is 0. The number of primary amides is 1. The summed E-state index contributed by atoms with van der Waals surface area (Å²) < 4.78 is 0. The molecule has 1 amide bonds. The summed E-state index contributed by atoms with van der Waals surface area (Å²) in [5.41, 5.74) is 5.23. The lowest BCUT2D eigenvalue weighted by Crippen LogP contribution is -2.20. The molecule has 0 aromatic rings. The Balaban J connectivity index is 3.33. The molecule has 0 fully saturated rings. The van der Waals surface area contributed by atoms with Crippen molar-refractivity contribution in [2.75, 3.05) is 0 Å². The molecule has 0 spiro atoms. The van der Waals surface area contributed by atoms with Crippen LogP contribution in [0.2, 0.25) is 0 Å². The number of carbonyl (C=O) groups excluding carboxylic acids is 1. The summed E-state index contributed by atoms with van der Waals surface area (Å²) in [5.74, 6) is -0.139. The van der Waals surface area contributed by atoms with E-state index < -0.39 is 0 Å². The Morgan fingerprint density at radius 2 is 1.48 bits per heavy atom. The lowest BCUT2D eigenvalue weighted by molar-refractivity contribution is -0.121. The van der Waals surface area contributed by atoms with Crippen LogP contribution in [0.3, 0.4) is 0 Å². The van der Waals surface area contributed by atoms with Gasteiger partial charge in [0.05, 0.1) is 0 Å². The van der Waals surface area contributed by atoms with E-state index in [1.54, 1.807) is 0 Å². The first-order valence-electron chi connectivity index (χ1n) is 8.42. The van der Waals surface area contributed by atoms with Crippen molar-refractivity contribution in [2.24, 2.45) is 11.7 Å². The molecule has 120 valence electrons. The molecule has 0 aliphatic carbocycles. The lowest BCUT2D eigenvalue weighted by Gasteiger charge is -2.05. The number of carbonyl (C=O) groups is 1. The highest BCUT2D eigenvalue weighted by Crippen LogP contribution is 2.11. The second-order valence-electron chi connectivity index (χ2n) is 5.59. The SMILES string of the molecule is CC/C=C\C/C=C\C/C=C\CCCCCCC(C)C(N)=O. The van der Waals surface area contributed by atoms with Crippen LogP contribution in [0, 0.1) is 5.92 Å². The van der Waals surface area contributed by atoms with Crippen molar-refractivity contribution >= 4 is 5.91 Å². The highest BCUT2D eigenvalue weighted by Gasteiger charge is 2.06. The molecule has 0 heterocycles. The van der Waals surface area contributed by atoms with Crippen molar-refractivity contribution in [3.8, 4) is 0 Å². The number of nitrogens with two attached hydrogens (primary N) is 1. The molecule has 1 unspecified atom stereocenters. The number of allylic oxidation sites excluding steroid dienone is 6. The third-order valence-corrected chi connectivity index (χ3v) is 3.52. The number of hydrogen-bond acceptors (Lipinski definition) is 1. The fourth-order valence-corrected chi connectivity index (χ4v) is 2.04. The van der Waals surface area contributed by atoms with Gasteiger partial charge in [0.15, 0.2) is 0 Å². The summed E-state index contributed by atoms with van der Waals surface area (Å²) >= 11 is 0. The molecule has 0 saturated carbocycles. The van der Waals surface area contributed by atoms with Gasteiger partial charge in [0.25, 0.3) is 0 Å². The van der Waals surface area contributed by atoms with Crippen molar-refractivity contribution in [1.29, 1.82) is 0 Å². The van der Waals surface area contributed by atoms with Crippen molar-refractivity contribution < 1.29 is 4.79 Å². The number of hydrogen-bond donors (Lipinski definition) is 1. The molecule has 0 rings (SSSR count). The van der Waals surface area contributed by atoms with E-state index >= 15 is 0 Å². The van der Waals surface area contributed by atoms with E-state index in [0.717, 1.165) is 38.5 Å². The van der Waals surface area contributed by atoms with Gasteiger partial charge in [-0.25, -0.2) is 0 Å². The summed E-state index contributed by atoms with van der Waals surface area (Å²) in [6.45, 7) is 4.07. The zero-order valence-electron chi connectivity index (χ0n) is 13.9. The first-order valence-corrected chi connectivity index (χ1v) is 8.42. The lowest BCUT2D eigenvalue weighted by atomic mass is 10.0. The van der Waals surface area contributed by atoms with E-state index in [2.05, 4.69) is 43.4 Å². The Labute approximate surface area is 131 Å². The molecule has 0 radical (unpaired) electrons. The van der Waals surface area contributed by atoms with Crippen LogP contribution in [0.5, 0.6) is 0 Å². The van der Waals surface area contributed by atoms with E-state index in [1.165, 1.54) is 19.3 Å². The molecular weight excluding hydrogens is 258 g/mol. The summed E-state index contributed by atoms with van der Waals surface area (Å²) in [5, 5.41) is 0. The Hall–Kier alpha value is -1.31. The van der Waals surface area contributed by atoms with E-state index in [4.69, 9.17) is 5.73 Å². The van der Waals surface area contributed by atoms with Gasteiger partial charge in [0.1, 0.15) is 0 Å². The van der Waals surface area contributed by atoms with E-state index in [-0.39, 0.29) is 11.8 Å². The Morgan fingerprint density at radius 3 is 2.10 bits per heavy atom. The maximum Gasteiger partial charge on any atom is 0.220 e. The molecule has 21 heavy (non-hydrogen) atoms. The average molecular weight is 291 g/mol. The number of unbranched alkanes of at least 4 members (excludes halogenated alkanes) is 4. The third-order valence-electron chi connectivity index (χ3n) is 3.52. The predicted octanol–water partition coefficient (Wildman–Crippen LogP) is 5.31. The summed E-state index contributed by atoms with van der Waals surface area (Å²) in [7, 11) is 0. The normalized spacial score (nSPS) is 13.6. The van der Waals surface area contributed by atoms with Gasteiger partial charge in [-0.15, -0.1) is 0 Å². The zero-order chi connectivity index (χ0) is 15.8. The highest BCUT2D eigenvalue weighted by molar-refractivity contribution is 5.76. The first-order chi connectivity index (χ1) is 10.2. The average Bonchev–Trinajstić information content (AvgIpc) is 2.47. The maximum absolute atomic E-state index is 10.9. The summed E-state index contributed by atoms with van der Waals surface area (Å²) in [6.07, 6.45) is 23.5. The number of rotatable bonds is 13. The molecule has 0 aromatic carbocycles. The van der Waals surface area contributed by atoms with E-state index in [0.29, 0.717) is 0 Å². The van der Waals surface area contributed by atoms with Gasteiger partial charge in [-0.1, -0.05) is 69.6 Å². The van der Waals surface area contributed by atoms with Crippen LogP contribution in [0.1, 0.15) is 71.6 Å². The molecule has 0 aromatic heterocycles. The van der Waals surface area contributed by atoms with Gasteiger partial charge in [-0.3, -0.25) is 4.79 Å². The van der Waals surface area contributed by atoms with Gasteiger partial charge in [-0.2, -0.15) is 0 Å². The second kappa shape index (κ2) is 15.1. The van der Waals surface area contributed by atoms with Crippen LogP contribution in [0.15, 0.2) is 36.5 Å². The summed E-state index contributed by atoms with van der Waals surface area (Å²) in [4.78, 5) is 10.9. The van der Waals surface area contributed by atoms with Gasteiger partial charge in [-0.05, 0) is 38.5 Å². The molecule has 0 aliphatic heterocycles. The molecule has 0 aliphatic rings. The second-order valence-corrected chi connectivity index (χ2v) is 5.59. The van der Waals surface area contributed by atoms with Crippen LogP contribution in [-0.2, 0) is 4.79 Å². The topological polar surface area (TPSA) is 43.1 Å². The van der Waals surface area contributed by atoms with Crippen molar-refractivity contribution in [2.45, 2.75) is 71.6 Å². The predicted molar refractivity (Wildman–Crippen MR) is 93.0 cm³/mol. The molecule has 2 nitrogen and oxygen atoms in total. The van der Waals surface area contributed by atoms with Gasteiger partial charge < -0.3 is 5.73 Å². The smallest absolute Gasteiger partial charge is 0.220 e. The van der Waals surface area contributed by atoms with E-state index in [9.17, 15) is 4.79 Å². The van der Waals surface area contributed by atoms with Crippen molar-refractivity contribution in [1.82, 2.24) is 0 Å². The Morgan fingerprint density at radius 1 is 0.905 bits per heavy atom. The quantitative estimate of drug-likeness (QED) is 0.363. The molecule has 0 bridgehead atoms. The van der Waals surface area contributed by atoms with Gasteiger partial charge >= 0.3 is 0 Å². The van der Waals surface area contributed by atoms with Crippen LogP contribution in [0.4, 0.5) is 0 Å². The van der Waals surface area contributed by atoms with Crippen LogP contribution >= 0.6 is 0 Å². The maximum atomic E-state index is 10.9. The zero-order valence-corrected chi connectivity index (χ0v) is 13.9. The third kappa shape index (κ3) is 14.9. The molecule has 0 saturated heterocycles. The molecule has 2 heteroatoms. The van der Waals surface area contributed by atoms with Gasteiger partial charge in [0, 0.05) is 5.92 Å². The van der Waals surface area contributed by atoms with Crippen LogP contribution in [0.25, 0.3) is 0 Å². The Kier molecular flexibility index (Phi) is 14.1. The monoisotopic (exact) mass is 291 g/mol. The molecule has 2 N–H and O–H groups in total. The minimum atomic E-state index is -0.170. The largest absolute Gasteiger partial charge is 0.369 e. The molecule has 1 atom stereocenters. The highest BCUT2D eigenvalue weighted by atomic mass is 16.1. The van der Waals surface area contributed by atoms with Gasteiger partial charge in [0.2, 0.25) is 5.91 Å². The fourth-order valence-electron chi connectivity index (χ4n) is 2.04.